The summed E-state index contributed by atoms with van der Waals surface area (Å²) in [6.45, 7) is 6.55. The zero-order valence-electron chi connectivity index (χ0n) is 13.8. The van der Waals surface area contributed by atoms with Crippen LogP contribution in [0.4, 0.5) is 0 Å². The molecule has 0 spiro atoms. The van der Waals surface area contributed by atoms with E-state index in [0.29, 0.717) is 0 Å². The minimum atomic E-state index is -0.237. The Morgan fingerprint density at radius 2 is 1.35 bits per heavy atom. The van der Waals surface area contributed by atoms with Crippen molar-refractivity contribution in [2.24, 2.45) is 0 Å². The van der Waals surface area contributed by atoms with Crippen LogP contribution in [-0.4, -0.2) is 11.9 Å². The summed E-state index contributed by atoms with van der Waals surface area (Å²) in [4.78, 5) is 21.1. The van der Waals surface area contributed by atoms with Crippen molar-refractivity contribution in [3.63, 3.8) is 0 Å². The van der Waals surface area contributed by atoms with Gasteiger partial charge in [0.2, 0.25) is 0 Å². The maximum Gasteiger partial charge on any atom is 0.302 e. The van der Waals surface area contributed by atoms with Gasteiger partial charge in [-0.2, -0.15) is 12.1 Å². The van der Waals surface area contributed by atoms with Gasteiger partial charge in [-0.25, -0.2) is 12.1 Å². The molecule has 0 bridgehead atoms. The predicted molar refractivity (Wildman–Crippen MR) is 84.4 cm³/mol. The third-order valence-corrected chi connectivity index (χ3v) is 3.00. The minimum absolute atomic E-state index is 0. The number of esters is 2. The molecule has 132 valence electrons. The maximum absolute atomic E-state index is 10.5. The Hall–Kier alpha value is -1.84. The smallest absolute Gasteiger partial charge is 0.302 e. The fraction of sp³-hybridized carbons (Fsp3) is 0.333. The Balaban J connectivity index is 0.000000403. The molecular formula is C18H22FeO4-6. The van der Waals surface area contributed by atoms with Crippen molar-refractivity contribution >= 4 is 11.9 Å². The summed E-state index contributed by atoms with van der Waals surface area (Å²) in [5.74, 6) is -0.475. The van der Waals surface area contributed by atoms with Gasteiger partial charge >= 0.3 is 5.97 Å². The Morgan fingerprint density at radius 1 is 0.913 bits per heavy atom. The third kappa shape index (κ3) is 8.38. The molecular weight excluding hydrogens is 336 g/mol. The number of carbonyl (C=O) groups excluding carboxylic acids is 2. The first-order valence-corrected chi connectivity index (χ1v) is 7.17. The second-order valence-corrected chi connectivity index (χ2v) is 4.94. The molecule has 5 heteroatoms. The second kappa shape index (κ2) is 10.8. The van der Waals surface area contributed by atoms with Gasteiger partial charge in [0.05, 0.1) is 6.10 Å². The molecule has 2 rings (SSSR count). The monoisotopic (exact) mass is 358 g/mol. The fourth-order valence-corrected chi connectivity index (χ4v) is 1.95. The van der Waals surface area contributed by atoms with Gasteiger partial charge in [-0.05, 0) is 6.92 Å². The van der Waals surface area contributed by atoms with Gasteiger partial charge in [0.25, 0.3) is 5.97 Å². The molecule has 0 saturated carbocycles. The van der Waals surface area contributed by atoms with E-state index in [4.69, 9.17) is 9.47 Å². The average Bonchev–Trinajstić information content (AvgIpc) is 3.12. The standard InChI is InChI=1S/2C9H11O2.Fe/c2*1-7(11-8(2)10)9-5-3-4-6-9;/h2*3-7H,1-2H3;/q-5;-1;. The number of hydrogen-bond donors (Lipinski definition) is 0. The molecule has 0 aromatic heterocycles. The molecule has 2 unspecified atom stereocenters. The molecule has 2 atom stereocenters. The van der Waals surface area contributed by atoms with Crippen LogP contribution in [-0.2, 0) is 36.1 Å². The second-order valence-electron chi connectivity index (χ2n) is 4.94. The van der Waals surface area contributed by atoms with Crippen LogP contribution in [0.2, 0.25) is 0 Å². The third-order valence-electron chi connectivity index (χ3n) is 3.00. The number of ether oxygens (including phenoxy) is 2. The Bertz CT molecular complexity index is 506. The molecule has 0 amide bonds. The van der Waals surface area contributed by atoms with Crippen molar-refractivity contribution in [2.75, 3.05) is 0 Å². The molecule has 0 N–H and O–H groups in total. The van der Waals surface area contributed by atoms with E-state index in [9.17, 15) is 9.59 Å². The summed E-state index contributed by atoms with van der Waals surface area (Å²) < 4.78 is 9.91. The van der Waals surface area contributed by atoms with Gasteiger partial charge in [0.1, 0.15) is 0 Å². The molecule has 0 heterocycles. The van der Waals surface area contributed by atoms with E-state index >= 15 is 0 Å². The summed E-state index contributed by atoms with van der Waals surface area (Å²) >= 11 is 0. The summed E-state index contributed by atoms with van der Waals surface area (Å²) in [5, 5.41) is 0. The zero-order chi connectivity index (χ0) is 16.5. The van der Waals surface area contributed by atoms with E-state index in [2.05, 4.69) is 0 Å². The number of rotatable bonds is 4. The molecule has 0 fully saturated rings. The molecule has 0 saturated heterocycles. The number of carbonyl (C=O) groups is 2. The van der Waals surface area contributed by atoms with Crippen LogP contribution in [0.15, 0.2) is 48.5 Å². The summed E-state index contributed by atoms with van der Waals surface area (Å²) in [6.07, 6.45) is -0.245. The van der Waals surface area contributed by atoms with E-state index in [1.165, 1.54) is 13.8 Å². The quantitative estimate of drug-likeness (QED) is 0.470. The van der Waals surface area contributed by atoms with E-state index in [-0.39, 0.29) is 41.2 Å². The topological polar surface area (TPSA) is 52.6 Å². The Morgan fingerprint density at radius 3 is 1.78 bits per heavy atom. The fourth-order valence-electron chi connectivity index (χ4n) is 1.95. The largest absolute Gasteiger partial charge is 0.747 e. The van der Waals surface area contributed by atoms with Crippen LogP contribution < -0.4 is 0 Å². The summed E-state index contributed by atoms with van der Waals surface area (Å²) in [7, 11) is 0. The Kier molecular flexibility index (Phi) is 9.95. The molecule has 0 radical (unpaired) electrons. The van der Waals surface area contributed by atoms with E-state index in [1.54, 1.807) is 0 Å². The molecule has 4 nitrogen and oxygen atoms in total. The first-order valence-electron chi connectivity index (χ1n) is 7.17. The van der Waals surface area contributed by atoms with E-state index in [0.717, 1.165) is 11.1 Å². The molecule has 0 aliphatic rings. The van der Waals surface area contributed by atoms with Crippen LogP contribution in [0.25, 0.3) is 0 Å². The van der Waals surface area contributed by atoms with Crippen LogP contribution in [0.3, 0.4) is 0 Å². The predicted octanol–water partition coefficient (Wildman–Crippen LogP) is 4.06. The first kappa shape index (κ1) is 21.2. The van der Waals surface area contributed by atoms with Crippen LogP contribution in [0, 0.1) is 0 Å². The SMILES string of the molecule is CC(=O)OC(C)[c-]1[cH-][cH-][cH-][cH-]1.CC(=O)OC(C)[c-]1cccc1.[Fe]. The van der Waals surface area contributed by atoms with Crippen molar-refractivity contribution < 1.29 is 36.1 Å². The average molecular weight is 358 g/mol. The maximum atomic E-state index is 10.5. The van der Waals surface area contributed by atoms with E-state index in [1.807, 2.05) is 62.4 Å². The normalized spacial score (nSPS) is 12.0. The van der Waals surface area contributed by atoms with Crippen molar-refractivity contribution in [3.8, 4) is 0 Å². The van der Waals surface area contributed by atoms with Gasteiger partial charge in [0.15, 0.2) is 0 Å². The number of hydrogen-bond acceptors (Lipinski definition) is 4. The summed E-state index contributed by atoms with van der Waals surface area (Å²) in [5.41, 5.74) is 2.08. The van der Waals surface area contributed by atoms with Crippen molar-refractivity contribution in [2.45, 2.75) is 39.9 Å². The van der Waals surface area contributed by atoms with Crippen LogP contribution in [0.5, 0.6) is 0 Å². The van der Waals surface area contributed by atoms with Gasteiger partial charge in [-0.3, -0.25) is 9.59 Å². The van der Waals surface area contributed by atoms with Crippen LogP contribution >= 0.6 is 0 Å². The molecule has 0 aliphatic heterocycles. The van der Waals surface area contributed by atoms with E-state index < -0.39 is 0 Å². The Labute approximate surface area is 148 Å². The van der Waals surface area contributed by atoms with Crippen molar-refractivity contribution in [3.05, 3.63) is 59.7 Å². The van der Waals surface area contributed by atoms with Crippen molar-refractivity contribution in [1.82, 2.24) is 0 Å². The first-order chi connectivity index (χ1) is 10.4. The zero-order valence-corrected chi connectivity index (χ0v) is 14.9. The van der Waals surface area contributed by atoms with Gasteiger partial charge in [-0.15, -0.1) is 5.56 Å². The summed E-state index contributed by atoms with van der Waals surface area (Å²) in [6, 6.07) is 15.5. The van der Waals surface area contributed by atoms with Crippen LogP contribution in [0.1, 0.15) is 51.0 Å². The molecule has 2 aromatic carbocycles. The van der Waals surface area contributed by atoms with Crippen molar-refractivity contribution in [1.29, 1.82) is 0 Å². The molecule has 23 heavy (non-hydrogen) atoms. The molecule has 0 aliphatic carbocycles. The van der Waals surface area contributed by atoms with Gasteiger partial charge < -0.3 is 39.3 Å². The molecule has 2 aromatic rings. The van der Waals surface area contributed by atoms with Gasteiger partial charge in [-0.1, -0.05) is 13.0 Å². The van der Waals surface area contributed by atoms with Gasteiger partial charge in [0, 0.05) is 30.9 Å². The minimum Gasteiger partial charge on any atom is -0.747 e.